The van der Waals surface area contributed by atoms with Crippen LogP contribution in [0.15, 0.2) is 47.4 Å². The third-order valence-corrected chi connectivity index (χ3v) is 7.39. The van der Waals surface area contributed by atoms with Crippen LogP contribution in [0.25, 0.3) is 22.2 Å². The van der Waals surface area contributed by atoms with Gasteiger partial charge in [-0.15, -0.1) is 0 Å². The van der Waals surface area contributed by atoms with Crippen molar-refractivity contribution in [2.75, 3.05) is 20.1 Å². The topological polar surface area (TPSA) is 42.3 Å². The standard InChI is InChI=1S/C19H17ClN2O2S/c1-21-9-8-12(11-21)18-14-7-6-13(20)10-16(14)22-19(18)15-4-2-3-5-17(15)25(22,23)24/h2-7,10,12H,8-9,11H2,1H3. The van der Waals surface area contributed by atoms with Gasteiger partial charge in [0.1, 0.15) is 0 Å². The maximum atomic E-state index is 13.2. The Labute approximate surface area is 151 Å². The highest BCUT2D eigenvalue weighted by atomic mass is 35.5. The summed E-state index contributed by atoms with van der Waals surface area (Å²) >= 11 is 6.20. The number of hydrogen-bond acceptors (Lipinski definition) is 3. The van der Waals surface area contributed by atoms with E-state index < -0.39 is 10.0 Å². The summed E-state index contributed by atoms with van der Waals surface area (Å²) in [5.41, 5.74) is 3.46. The Morgan fingerprint density at radius 2 is 1.96 bits per heavy atom. The molecular formula is C19H17ClN2O2S. The molecule has 2 aliphatic heterocycles. The summed E-state index contributed by atoms with van der Waals surface area (Å²) in [7, 11) is -1.47. The van der Waals surface area contributed by atoms with Crippen LogP contribution in [0, 0.1) is 0 Å². The summed E-state index contributed by atoms with van der Waals surface area (Å²) in [5, 5.41) is 1.55. The van der Waals surface area contributed by atoms with E-state index in [-0.39, 0.29) is 0 Å². The Bertz CT molecular complexity index is 1130. The lowest BCUT2D eigenvalue weighted by Crippen LogP contribution is -2.13. The predicted molar refractivity (Wildman–Crippen MR) is 99.8 cm³/mol. The lowest BCUT2D eigenvalue weighted by atomic mass is 9.92. The number of benzene rings is 2. The average molecular weight is 373 g/mol. The fourth-order valence-corrected chi connectivity index (χ4v) is 6.23. The minimum absolute atomic E-state index is 0.325. The Morgan fingerprint density at radius 3 is 2.72 bits per heavy atom. The van der Waals surface area contributed by atoms with Gasteiger partial charge < -0.3 is 4.90 Å². The second-order valence-corrected chi connectivity index (χ2v) is 9.13. The Balaban J connectivity index is 1.94. The molecule has 1 saturated heterocycles. The molecule has 1 atom stereocenters. The Morgan fingerprint density at radius 1 is 1.16 bits per heavy atom. The van der Waals surface area contributed by atoms with Crippen LogP contribution >= 0.6 is 11.6 Å². The molecule has 0 bridgehead atoms. The number of aromatic nitrogens is 1. The van der Waals surface area contributed by atoms with Crippen LogP contribution in [-0.2, 0) is 10.0 Å². The van der Waals surface area contributed by atoms with Crippen LogP contribution in [-0.4, -0.2) is 37.4 Å². The van der Waals surface area contributed by atoms with Crippen molar-refractivity contribution >= 4 is 32.5 Å². The first-order valence-electron chi connectivity index (χ1n) is 8.36. The maximum Gasteiger partial charge on any atom is 0.269 e. The third-order valence-electron chi connectivity index (χ3n) is 5.39. The van der Waals surface area contributed by atoms with E-state index in [4.69, 9.17) is 11.6 Å². The van der Waals surface area contributed by atoms with Gasteiger partial charge in [-0.25, -0.2) is 12.4 Å². The molecule has 4 nitrogen and oxygen atoms in total. The van der Waals surface area contributed by atoms with Crippen molar-refractivity contribution in [3.63, 3.8) is 0 Å². The van der Waals surface area contributed by atoms with Gasteiger partial charge in [0, 0.05) is 28.4 Å². The molecule has 1 fully saturated rings. The Hall–Kier alpha value is -1.82. The van der Waals surface area contributed by atoms with Crippen LogP contribution in [0.3, 0.4) is 0 Å². The van der Waals surface area contributed by atoms with Gasteiger partial charge in [-0.05, 0) is 43.8 Å². The quantitative estimate of drug-likeness (QED) is 0.508. The molecule has 0 radical (unpaired) electrons. The fraction of sp³-hybridized carbons (Fsp3) is 0.263. The molecule has 1 unspecified atom stereocenters. The highest BCUT2D eigenvalue weighted by Crippen LogP contribution is 2.49. The van der Waals surface area contributed by atoms with Crippen molar-refractivity contribution in [2.45, 2.75) is 17.2 Å². The predicted octanol–water partition coefficient (Wildman–Crippen LogP) is 3.93. The van der Waals surface area contributed by atoms with E-state index in [1.165, 1.54) is 3.97 Å². The number of fused-ring (bicyclic) bond motifs is 5. The zero-order valence-electron chi connectivity index (χ0n) is 13.7. The fourth-order valence-electron chi connectivity index (χ4n) is 4.33. The van der Waals surface area contributed by atoms with E-state index in [2.05, 4.69) is 11.9 Å². The number of hydrogen-bond donors (Lipinski definition) is 0. The zero-order chi connectivity index (χ0) is 17.3. The third kappa shape index (κ3) is 2.00. The number of halogens is 1. The molecule has 0 N–H and O–H groups in total. The molecule has 2 aliphatic rings. The van der Waals surface area contributed by atoms with E-state index in [0.29, 0.717) is 21.4 Å². The largest absolute Gasteiger partial charge is 0.306 e. The lowest BCUT2D eigenvalue weighted by Gasteiger charge is -2.12. The summed E-state index contributed by atoms with van der Waals surface area (Å²) in [6.45, 7) is 1.97. The molecule has 6 heteroatoms. The average Bonchev–Trinajstić information content (AvgIpc) is 3.21. The molecule has 128 valence electrons. The normalized spacial score (nSPS) is 21.6. The summed E-state index contributed by atoms with van der Waals surface area (Å²) in [5.74, 6) is 0.325. The number of nitrogens with zero attached hydrogens (tertiary/aromatic N) is 2. The second kappa shape index (κ2) is 5.10. The molecule has 5 rings (SSSR count). The van der Waals surface area contributed by atoms with Gasteiger partial charge in [-0.2, -0.15) is 0 Å². The molecule has 0 saturated carbocycles. The molecule has 0 spiro atoms. The molecule has 1 aromatic heterocycles. The van der Waals surface area contributed by atoms with Crippen LogP contribution in [0.4, 0.5) is 0 Å². The monoisotopic (exact) mass is 372 g/mol. The highest BCUT2D eigenvalue weighted by molar-refractivity contribution is 7.90. The van der Waals surface area contributed by atoms with E-state index in [1.807, 2.05) is 24.3 Å². The Kier molecular flexibility index (Phi) is 3.15. The van der Waals surface area contributed by atoms with Crippen LogP contribution in [0.2, 0.25) is 5.02 Å². The van der Waals surface area contributed by atoms with Crippen molar-refractivity contribution < 1.29 is 8.42 Å². The molecule has 3 heterocycles. The number of likely N-dealkylation sites (N-methyl/N-ethyl adjacent to an activating group) is 1. The van der Waals surface area contributed by atoms with Crippen molar-refractivity contribution in [1.29, 1.82) is 0 Å². The van der Waals surface area contributed by atoms with E-state index in [1.54, 1.807) is 18.2 Å². The van der Waals surface area contributed by atoms with Crippen molar-refractivity contribution in [3.8, 4) is 11.3 Å². The van der Waals surface area contributed by atoms with Crippen LogP contribution < -0.4 is 0 Å². The number of likely N-dealkylation sites (tertiary alicyclic amines) is 1. The number of rotatable bonds is 1. The van der Waals surface area contributed by atoms with Gasteiger partial charge in [-0.1, -0.05) is 35.9 Å². The first-order chi connectivity index (χ1) is 12.0. The summed E-state index contributed by atoms with van der Waals surface area (Å²) < 4.78 is 27.9. The summed E-state index contributed by atoms with van der Waals surface area (Å²) in [6.07, 6.45) is 1.04. The van der Waals surface area contributed by atoms with Gasteiger partial charge in [0.25, 0.3) is 10.0 Å². The van der Waals surface area contributed by atoms with Gasteiger partial charge in [0.15, 0.2) is 0 Å². The van der Waals surface area contributed by atoms with Crippen LogP contribution in [0.1, 0.15) is 17.9 Å². The van der Waals surface area contributed by atoms with Gasteiger partial charge in [0.2, 0.25) is 0 Å². The highest BCUT2D eigenvalue weighted by Gasteiger charge is 2.39. The minimum Gasteiger partial charge on any atom is -0.306 e. The van der Waals surface area contributed by atoms with Crippen molar-refractivity contribution in [3.05, 3.63) is 53.1 Å². The first-order valence-corrected chi connectivity index (χ1v) is 10.2. The van der Waals surface area contributed by atoms with Crippen molar-refractivity contribution in [2.24, 2.45) is 0 Å². The molecule has 0 amide bonds. The first kappa shape index (κ1) is 15.4. The zero-order valence-corrected chi connectivity index (χ0v) is 15.3. The molecule has 3 aromatic rings. The molecule has 2 aromatic carbocycles. The SMILES string of the molecule is CN1CCC(c2c3n(c4cc(Cl)ccc24)S(=O)(=O)c2ccccc2-3)C1. The van der Waals surface area contributed by atoms with E-state index >= 15 is 0 Å². The molecule has 0 aliphatic carbocycles. The van der Waals surface area contributed by atoms with Gasteiger partial charge in [-0.3, -0.25) is 0 Å². The summed E-state index contributed by atoms with van der Waals surface area (Å²) in [4.78, 5) is 2.69. The molecular weight excluding hydrogens is 356 g/mol. The second-order valence-electron chi connectivity index (χ2n) is 6.94. The van der Waals surface area contributed by atoms with Gasteiger partial charge >= 0.3 is 0 Å². The van der Waals surface area contributed by atoms with Gasteiger partial charge in [0.05, 0.1) is 16.1 Å². The smallest absolute Gasteiger partial charge is 0.269 e. The van der Waals surface area contributed by atoms with Crippen molar-refractivity contribution in [1.82, 2.24) is 8.87 Å². The summed E-state index contributed by atoms with van der Waals surface area (Å²) in [6, 6.07) is 12.9. The van der Waals surface area contributed by atoms with E-state index in [9.17, 15) is 8.42 Å². The molecule has 25 heavy (non-hydrogen) atoms. The minimum atomic E-state index is -3.59. The lowest BCUT2D eigenvalue weighted by molar-refractivity contribution is 0.412. The van der Waals surface area contributed by atoms with Crippen LogP contribution in [0.5, 0.6) is 0 Å². The van der Waals surface area contributed by atoms with E-state index in [0.717, 1.165) is 41.7 Å². The maximum absolute atomic E-state index is 13.2.